The molecule has 20 heteroatoms. The number of nitrogens with zero attached hydrogens (tertiary/aromatic N) is 14. The molecule has 0 N–H and O–H groups in total. The van der Waals surface area contributed by atoms with Gasteiger partial charge in [-0.15, -0.1) is 250 Å². The second kappa shape index (κ2) is 53.2. The first kappa shape index (κ1) is 114. The third-order valence-corrected chi connectivity index (χ3v) is 23.2. The molecule has 0 amide bonds. The summed E-state index contributed by atoms with van der Waals surface area (Å²) in [5.41, 5.74) is 39.3. The zero-order chi connectivity index (χ0) is 94.8. The van der Waals surface area contributed by atoms with Gasteiger partial charge >= 0.3 is 0 Å². The Hall–Kier alpha value is -11.8. The molecule has 14 nitrogen and oxygen atoms in total. The summed E-state index contributed by atoms with van der Waals surface area (Å²) in [6.45, 7) is 42.6. The predicted octanol–water partition coefficient (Wildman–Crippen LogP) is 28.1. The van der Waals surface area contributed by atoms with Crippen LogP contribution in [0, 0.1) is 181 Å². The second-order valence-corrected chi connectivity index (χ2v) is 34.3. The fraction of sp³-hybridized carbons (Fsp3) is 0.175. The maximum atomic E-state index is 4.60. The van der Waals surface area contributed by atoms with Crippen LogP contribution in [0.3, 0.4) is 0 Å². The van der Waals surface area contributed by atoms with Crippen LogP contribution in [0.1, 0.15) is 112 Å². The molecule has 140 heavy (non-hydrogen) atoms. The van der Waals surface area contributed by atoms with Crippen molar-refractivity contribution in [2.24, 2.45) is 7.05 Å². The molecule has 0 unspecified atom stereocenters. The Labute approximate surface area is 909 Å². The van der Waals surface area contributed by atoms with Crippen LogP contribution in [-0.2, 0) is 128 Å². The molecular weight excluding hydrogens is 2790 g/mol. The van der Waals surface area contributed by atoms with Crippen molar-refractivity contribution in [3.63, 3.8) is 0 Å². The molecule has 0 saturated carbocycles. The number of hydrogen-bond acceptors (Lipinski definition) is 7. The van der Waals surface area contributed by atoms with Gasteiger partial charge in [-0.05, 0) is 191 Å². The van der Waals surface area contributed by atoms with Gasteiger partial charge in [0.05, 0.1) is 40.8 Å². The Morgan fingerprint density at radius 2 is 0.436 bits per heavy atom. The van der Waals surface area contributed by atoms with Gasteiger partial charge in [-0.25, -0.2) is 0 Å². The van der Waals surface area contributed by atoms with Crippen molar-refractivity contribution < 1.29 is 121 Å². The van der Waals surface area contributed by atoms with Gasteiger partial charge in [-0.3, -0.25) is 34.9 Å². The van der Waals surface area contributed by atoms with E-state index in [1.165, 1.54) is 129 Å². The zero-order valence-electron chi connectivity index (χ0n) is 82.8. The van der Waals surface area contributed by atoms with Gasteiger partial charge in [-0.1, -0.05) is 121 Å². The third-order valence-electron chi connectivity index (χ3n) is 23.2. The van der Waals surface area contributed by atoms with Gasteiger partial charge in [-0.2, -0.15) is 0 Å². The first-order valence-electron chi connectivity index (χ1n) is 45.2. The minimum absolute atomic E-state index is 0. The van der Waals surface area contributed by atoms with Crippen LogP contribution < -0.4 is 0 Å². The number of aryl methyl sites for hydroxylation is 21. The summed E-state index contributed by atoms with van der Waals surface area (Å²) < 4.78 is 15.0. The molecule has 20 rings (SSSR count). The molecule has 0 aliphatic rings. The fourth-order valence-electron chi connectivity index (χ4n) is 17.9. The molecule has 0 atom stereocenters. The average molecular weight is 2910 g/mol. The van der Waals surface area contributed by atoms with Gasteiger partial charge in [0.1, 0.15) is 0 Å². The monoisotopic (exact) mass is 2910 g/mol. The van der Waals surface area contributed by atoms with E-state index in [9.17, 15) is 0 Å². The van der Waals surface area contributed by atoms with Crippen LogP contribution in [0.25, 0.3) is 114 Å². The molecule has 0 aliphatic heterocycles. The number of para-hydroxylation sites is 2. The SMILES string of the molecule is Cc1[c-]c(-c2nccn2-c2c(C)cc(C)cc2C)cc(C)c1.Cc1cc(C)c(-n2c(C)cnc2-c2[c-]cccc2)c(C)c1.Cc1cc(C)c(-n2ccnc2-c2[c-]cccc2)c(C)c1.Cc1cc(C)c(-n2ccnc2-c2[c-]cccc2)c(C)c1.Cc1cccc(C)c1-n1c(C)cnc1-c1[c-]cccc1.Cc1cccc(C)c1-n1ccnc1-c1[c-]cccc1.Cn1ccnc1-c1[c-]cccc1.[Ir].[Ir].[Ir].[Ir].[Ir].[Ir]. The largest absolute Gasteiger partial charge is 0.373 e. The maximum Gasteiger partial charge on any atom is 0.0605 e. The second-order valence-electron chi connectivity index (χ2n) is 34.3. The van der Waals surface area contributed by atoms with Crippen LogP contribution in [0.15, 0.2) is 317 Å². The first-order chi connectivity index (χ1) is 64.7. The van der Waals surface area contributed by atoms with E-state index in [0.29, 0.717) is 0 Å². The topological polar surface area (TPSA) is 125 Å². The van der Waals surface area contributed by atoms with Crippen molar-refractivity contribution in [2.75, 3.05) is 0 Å². The average Bonchev–Trinajstić information content (AvgIpc) is 1.56. The quantitative estimate of drug-likeness (QED) is 0.105. The van der Waals surface area contributed by atoms with Crippen LogP contribution in [-0.4, -0.2) is 66.9 Å². The predicted molar refractivity (Wildman–Crippen MR) is 549 cm³/mol. The summed E-state index contributed by atoms with van der Waals surface area (Å²) in [5, 5.41) is 0. The maximum absolute atomic E-state index is 4.60. The van der Waals surface area contributed by atoms with Gasteiger partial charge < -0.3 is 32.0 Å². The molecule has 0 fully saturated rings. The number of aromatic nitrogens is 14. The molecule has 13 aromatic carbocycles. The Balaban J connectivity index is 0.000000200. The Bertz CT molecular complexity index is 7090. The molecule has 6 radical (unpaired) electrons. The summed E-state index contributed by atoms with van der Waals surface area (Å²) >= 11 is 0. The Morgan fingerprint density at radius 3 is 0.700 bits per heavy atom. The van der Waals surface area contributed by atoms with E-state index in [2.05, 4.69) is 346 Å². The Morgan fingerprint density at radius 1 is 0.207 bits per heavy atom. The number of imidazole rings is 7. The van der Waals surface area contributed by atoms with Crippen LogP contribution >= 0.6 is 0 Å². The van der Waals surface area contributed by atoms with E-state index in [-0.39, 0.29) is 121 Å². The molecule has 726 valence electrons. The van der Waals surface area contributed by atoms with E-state index < -0.39 is 0 Å². The smallest absolute Gasteiger partial charge is 0.0605 e. The molecule has 0 saturated heterocycles. The van der Waals surface area contributed by atoms with Crippen molar-refractivity contribution in [3.8, 4) is 114 Å². The molecule has 0 bridgehead atoms. The van der Waals surface area contributed by atoms with E-state index in [1.54, 1.807) is 6.20 Å². The van der Waals surface area contributed by atoms with Crippen LogP contribution in [0.2, 0.25) is 0 Å². The van der Waals surface area contributed by atoms with Gasteiger partial charge in [0, 0.05) is 248 Å². The minimum Gasteiger partial charge on any atom is -0.373 e. The van der Waals surface area contributed by atoms with Crippen molar-refractivity contribution >= 4 is 0 Å². The Kier molecular flexibility index (Phi) is 43.1. The van der Waals surface area contributed by atoms with Crippen LogP contribution in [0.4, 0.5) is 0 Å². The van der Waals surface area contributed by atoms with Crippen molar-refractivity contribution in [1.29, 1.82) is 0 Å². The van der Waals surface area contributed by atoms with Crippen molar-refractivity contribution in [2.45, 2.75) is 138 Å². The molecule has 7 heterocycles. The molecule has 20 aromatic rings. The molecule has 7 aromatic heterocycles. The van der Waals surface area contributed by atoms with E-state index in [4.69, 9.17) is 0 Å². The third kappa shape index (κ3) is 27.5. The molecular formula is C120H115Ir6N14-7. The summed E-state index contributed by atoms with van der Waals surface area (Å²) in [6, 6.07) is 105. The zero-order valence-corrected chi connectivity index (χ0v) is 97.2. The van der Waals surface area contributed by atoms with Crippen LogP contribution in [0.5, 0.6) is 0 Å². The van der Waals surface area contributed by atoms with Crippen molar-refractivity contribution in [3.05, 3.63) is 471 Å². The summed E-state index contributed by atoms with van der Waals surface area (Å²) in [6.07, 6.45) is 23.0. The summed E-state index contributed by atoms with van der Waals surface area (Å²) in [4.78, 5) is 31.4. The van der Waals surface area contributed by atoms with Gasteiger partial charge in [0.2, 0.25) is 0 Å². The number of benzene rings is 13. The number of hydrogen-bond donors (Lipinski definition) is 0. The van der Waals surface area contributed by atoms with Gasteiger partial charge in [0.25, 0.3) is 0 Å². The van der Waals surface area contributed by atoms with E-state index in [1.807, 2.05) is 219 Å². The summed E-state index contributed by atoms with van der Waals surface area (Å²) in [5.74, 6) is 6.58. The van der Waals surface area contributed by atoms with Gasteiger partial charge in [0.15, 0.2) is 0 Å². The first-order valence-corrected chi connectivity index (χ1v) is 45.2. The van der Waals surface area contributed by atoms with E-state index >= 15 is 0 Å². The standard InChI is InChI=1S/C20H21N2.C19H19N2.3C18H17N2.C17H15N2.C10H9N2.6Ir/c1-13-8-14(2)12-18(11-13)20-21-6-7-22(20)19-16(4)9-15(3)10-17(19)5;1-13-10-14(2)18(15(3)11-13)21-16(4)12-20-19(21)17-8-6-5-7-9-17;1-13-8-7-9-14(2)17(13)20-15(3)12-19-18(20)16-10-5-4-6-11-16;2*1-13-11-14(2)17(15(3)12-13)20-10-9-19-18(20)16-7-5-4-6-8-16;1-13-7-6-8-14(2)16(13)19-12-11-18-17(19)15-9-4-3-5-10-15;1-12-8-7-11-10(12)9-5-3-2-4-6-9;;;;;;/h6-11H,1-5H3;5-8,10-12H,1-4H3;4-10,12H,1-3H3;2*4-7,9-12H,1-3H3;3-9,11-12H,1-2H3;2-5,7-8H,1H3;;;;;;/q7*-1;;;;;;. The summed E-state index contributed by atoms with van der Waals surface area (Å²) in [7, 11) is 1.98. The van der Waals surface area contributed by atoms with Crippen molar-refractivity contribution in [1.82, 2.24) is 66.9 Å². The minimum atomic E-state index is 0. The molecule has 0 aliphatic carbocycles. The fourth-order valence-corrected chi connectivity index (χ4v) is 17.9. The number of rotatable bonds is 13. The molecule has 0 spiro atoms. The van der Waals surface area contributed by atoms with E-state index in [0.717, 1.165) is 96.7 Å². The normalized spacial score (nSPS) is 10.3.